The fraction of sp³-hybridized carbons (Fsp3) is 0.333. The highest BCUT2D eigenvalue weighted by Crippen LogP contribution is 2.30. The lowest BCUT2D eigenvalue weighted by atomic mass is 10.1. The van der Waals surface area contributed by atoms with E-state index >= 15 is 0 Å². The maximum absolute atomic E-state index is 5.55. The SMILES string of the molecule is c1coc(-c2nc3cccnc3n2C2CCCNC2)c1. The Kier molecular flexibility index (Phi) is 2.77. The van der Waals surface area contributed by atoms with Crippen molar-refractivity contribution >= 4 is 11.2 Å². The summed E-state index contributed by atoms with van der Waals surface area (Å²) in [6, 6.07) is 8.15. The van der Waals surface area contributed by atoms with E-state index in [4.69, 9.17) is 9.40 Å². The van der Waals surface area contributed by atoms with Crippen LogP contribution in [-0.4, -0.2) is 27.6 Å². The summed E-state index contributed by atoms with van der Waals surface area (Å²) in [5.74, 6) is 1.67. The molecule has 1 aliphatic heterocycles. The Morgan fingerprint density at radius 3 is 3.10 bits per heavy atom. The van der Waals surface area contributed by atoms with Crippen molar-refractivity contribution in [1.29, 1.82) is 0 Å². The zero-order valence-electron chi connectivity index (χ0n) is 11.1. The molecule has 1 N–H and O–H groups in total. The number of hydrogen-bond donors (Lipinski definition) is 1. The van der Waals surface area contributed by atoms with Gasteiger partial charge in [0.15, 0.2) is 17.2 Å². The molecule has 3 aromatic heterocycles. The third-order valence-corrected chi connectivity index (χ3v) is 3.83. The van der Waals surface area contributed by atoms with Crippen LogP contribution >= 0.6 is 0 Å². The van der Waals surface area contributed by atoms with Crippen molar-refractivity contribution in [1.82, 2.24) is 19.9 Å². The number of imidazole rings is 1. The second kappa shape index (κ2) is 4.76. The number of nitrogens with one attached hydrogen (secondary N) is 1. The number of rotatable bonds is 2. The van der Waals surface area contributed by atoms with Crippen molar-refractivity contribution in [3.05, 3.63) is 36.7 Å². The number of fused-ring (bicyclic) bond motifs is 1. The molecular formula is C15H16N4O. The smallest absolute Gasteiger partial charge is 0.178 e. The van der Waals surface area contributed by atoms with Crippen LogP contribution in [0.4, 0.5) is 0 Å². The number of pyridine rings is 1. The Hall–Kier alpha value is -2.14. The molecule has 0 aromatic carbocycles. The maximum Gasteiger partial charge on any atom is 0.178 e. The lowest BCUT2D eigenvalue weighted by Crippen LogP contribution is -2.32. The first-order valence-electron chi connectivity index (χ1n) is 7.01. The van der Waals surface area contributed by atoms with Crippen LogP contribution in [0.2, 0.25) is 0 Å². The van der Waals surface area contributed by atoms with Crippen LogP contribution in [0.1, 0.15) is 18.9 Å². The van der Waals surface area contributed by atoms with Gasteiger partial charge < -0.3 is 14.3 Å². The van der Waals surface area contributed by atoms with Gasteiger partial charge in [-0.15, -0.1) is 0 Å². The van der Waals surface area contributed by atoms with E-state index in [0.29, 0.717) is 6.04 Å². The van der Waals surface area contributed by atoms with E-state index in [9.17, 15) is 0 Å². The number of aromatic nitrogens is 3. The van der Waals surface area contributed by atoms with E-state index in [1.165, 1.54) is 6.42 Å². The van der Waals surface area contributed by atoms with Gasteiger partial charge in [0.2, 0.25) is 0 Å². The molecule has 20 heavy (non-hydrogen) atoms. The zero-order chi connectivity index (χ0) is 13.4. The van der Waals surface area contributed by atoms with Crippen LogP contribution in [0, 0.1) is 0 Å². The first kappa shape index (κ1) is 11.7. The Bertz CT molecular complexity index is 711. The molecule has 1 aliphatic rings. The van der Waals surface area contributed by atoms with Crippen LogP contribution in [-0.2, 0) is 0 Å². The highest BCUT2D eigenvalue weighted by molar-refractivity contribution is 5.76. The van der Waals surface area contributed by atoms with Gasteiger partial charge in [-0.2, -0.15) is 0 Å². The van der Waals surface area contributed by atoms with E-state index in [0.717, 1.165) is 42.3 Å². The predicted molar refractivity (Wildman–Crippen MR) is 76.4 cm³/mol. The van der Waals surface area contributed by atoms with Crippen molar-refractivity contribution in [2.24, 2.45) is 0 Å². The van der Waals surface area contributed by atoms with Crippen LogP contribution in [0.25, 0.3) is 22.7 Å². The van der Waals surface area contributed by atoms with E-state index in [-0.39, 0.29) is 0 Å². The summed E-state index contributed by atoms with van der Waals surface area (Å²) in [4.78, 5) is 9.23. The van der Waals surface area contributed by atoms with Gasteiger partial charge in [0, 0.05) is 18.8 Å². The fourth-order valence-electron chi connectivity index (χ4n) is 2.91. The molecule has 0 amide bonds. The molecule has 1 atom stereocenters. The van der Waals surface area contributed by atoms with Crippen molar-refractivity contribution < 1.29 is 4.42 Å². The average molecular weight is 268 g/mol. The Morgan fingerprint density at radius 2 is 2.30 bits per heavy atom. The van der Waals surface area contributed by atoms with Crippen molar-refractivity contribution in [3.8, 4) is 11.6 Å². The van der Waals surface area contributed by atoms with E-state index in [1.54, 1.807) is 6.26 Å². The summed E-state index contributed by atoms with van der Waals surface area (Å²) in [7, 11) is 0. The van der Waals surface area contributed by atoms with E-state index in [1.807, 2.05) is 30.5 Å². The highest BCUT2D eigenvalue weighted by Gasteiger charge is 2.23. The van der Waals surface area contributed by atoms with Gasteiger partial charge in [-0.25, -0.2) is 9.97 Å². The van der Waals surface area contributed by atoms with Gasteiger partial charge in [-0.1, -0.05) is 0 Å². The first-order valence-corrected chi connectivity index (χ1v) is 7.01. The van der Waals surface area contributed by atoms with Crippen LogP contribution in [0.5, 0.6) is 0 Å². The molecule has 0 spiro atoms. The average Bonchev–Trinajstić information content (AvgIpc) is 3.15. The largest absolute Gasteiger partial charge is 0.461 e. The van der Waals surface area contributed by atoms with Crippen LogP contribution in [0.15, 0.2) is 41.1 Å². The van der Waals surface area contributed by atoms with Crippen molar-refractivity contribution in [3.63, 3.8) is 0 Å². The van der Waals surface area contributed by atoms with Gasteiger partial charge >= 0.3 is 0 Å². The molecule has 0 bridgehead atoms. The molecule has 1 unspecified atom stereocenters. The predicted octanol–water partition coefficient (Wildman–Crippen LogP) is 2.62. The molecular weight excluding hydrogens is 252 g/mol. The van der Waals surface area contributed by atoms with Crippen molar-refractivity contribution in [2.75, 3.05) is 13.1 Å². The molecule has 0 radical (unpaired) electrons. The minimum Gasteiger partial charge on any atom is -0.461 e. The third-order valence-electron chi connectivity index (χ3n) is 3.83. The maximum atomic E-state index is 5.55. The van der Waals surface area contributed by atoms with Gasteiger partial charge in [-0.05, 0) is 43.7 Å². The van der Waals surface area contributed by atoms with E-state index < -0.39 is 0 Å². The zero-order valence-corrected chi connectivity index (χ0v) is 11.1. The van der Waals surface area contributed by atoms with Crippen molar-refractivity contribution in [2.45, 2.75) is 18.9 Å². The highest BCUT2D eigenvalue weighted by atomic mass is 16.3. The minimum absolute atomic E-state index is 0.378. The van der Waals surface area contributed by atoms with Gasteiger partial charge in [0.25, 0.3) is 0 Å². The summed E-state index contributed by atoms with van der Waals surface area (Å²) >= 11 is 0. The quantitative estimate of drug-likeness (QED) is 0.776. The molecule has 3 aromatic rings. The number of piperidine rings is 1. The first-order chi connectivity index (χ1) is 9.93. The number of hydrogen-bond acceptors (Lipinski definition) is 4. The molecule has 4 rings (SSSR count). The summed E-state index contributed by atoms with van der Waals surface area (Å²) in [6.07, 6.45) is 5.83. The fourth-order valence-corrected chi connectivity index (χ4v) is 2.91. The molecule has 5 heteroatoms. The van der Waals surface area contributed by atoms with Crippen LogP contribution in [0.3, 0.4) is 0 Å². The molecule has 0 saturated carbocycles. The summed E-state index contributed by atoms with van der Waals surface area (Å²) in [6.45, 7) is 2.04. The Morgan fingerprint density at radius 1 is 1.30 bits per heavy atom. The molecule has 5 nitrogen and oxygen atoms in total. The summed E-state index contributed by atoms with van der Waals surface area (Å²) in [5.41, 5.74) is 1.86. The minimum atomic E-state index is 0.378. The van der Waals surface area contributed by atoms with Crippen LogP contribution < -0.4 is 5.32 Å². The number of furan rings is 1. The molecule has 1 fully saturated rings. The second-order valence-electron chi connectivity index (χ2n) is 5.13. The molecule has 0 aliphatic carbocycles. The monoisotopic (exact) mass is 268 g/mol. The topological polar surface area (TPSA) is 55.9 Å². The number of nitrogens with zero attached hydrogens (tertiary/aromatic N) is 3. The second-order valence-corrected chi connectivity index (χ2v) is 5.13. The third kappa shape index (κ3) is 1.82. The van der Waals surface area contributed by atoms with Gasteiger partial charge in [0.1, 0.15) is 5.52 Å². The normalized spacial score (nSPS) is 19.5. The molecule has 102 valence electrons. The summed E-state index contributed by atoms with van der Waals surface area (Å²) < 4.78 is 7.77. The standard InChI is InChI=1S/C15H16N4O/c1-4-11(10-16-7-1)19-14-12(5-2-8-17-14)18-15(19)13-6-3-9-20-13/h2-3,5-6,8-9,11,16H,1,4,7,10H2. The van der Waals surface area contributed by atoms with Gasteiger partial charge in [-0.3, -0.25) is 0 Å². The van der Waals surface area contributed by atoms with E-state index in [2.05, 4.69) is 14.9 Å². The molecule has 1 saturated heterocycles. The molecule has 4 heterocycles. The Labute approximate surface area is 116 Å². The summed E-state index contributed by atoms with van der Waals surface area (Å²) in [5, 5.41) is 3.45. The Balaban J connectivity index is 1.93. The van der Waals surface area contributed by atoms with Gasteiger partial charge in [0.05, 0.1) is 6.26 Å². The lowest BCUT2D eigenvalue weighted by molar-refractivity contribution is 0.377. The lowest BCUT2D eigenvalue weighted by Gasteiger charge is -2.25.